The lowest BCUT2D eigenvalue weighted by molar-refractivity contribution is -0.130. The Morgan fingerprint density at radius 3 is 2.57 bits per heavy atom. The average Bonchev–Trinajstić information content (AvgIpc) is 3.03. The highest BCUT2D eigenvalue weighted by Gasteiger charge is 2.22. The molecular formula is C31H36N8O2S. The number of carbonyl (C=O) groups excluding carboxylic acids is 2. The van der Waals surface area contributed by atoms with Gasteiger partial charge in [-0.25, -0.2) is 19.9 Å². The number of aromatic nitrogens is 5. The summed E-state index contributed by atoms with van der Waals surface area (Å²) in [7, 11) is 1.64. The Kier molecular flexibility index (Phi) is 9.58. The second-order valence-corrected chi connectivity index (χ2v) is 11.7. The van der Waals surface area contributed by atoms with Gasteiger partial charge >= 0.3 is 0 Å². The summed E-state index contributed by atoms with van der Waals surface area (Å²) in [5.74, 6) is 2.08. The molecule has 3 aromatic heterocycles. The highest BCUT2D eigenvalue weighted by atomic mass is 32.2. The number of pyridine rings is 1. The van der Waals surface area contributed by atoms with Crippen molar-refractivity contribution in [2.75, 3.05) is 38.3 Å². The molecule has 1 unspecified atom stereocenters. The molecule has 2 amide bonds. The Hall–Kier alpha value is -4.12. The first-order chi connectivity index (χ1) is 20.4. The van der Waals surface area contributed by atoms with E-state index in [0.29, 0.717) is 18.0 Å². The number of nitrogens with zero attached hydrogens (tertiary/aromatic N) is 6. The van der Waals surface area contributed by atoms with E-state index in [9.17, 15) is 9.59 Å². The van der Waals surface area contributed by atoms with Crippen molar-refractivity contribution in [2.45, 2.75) is 37.9 Å². The first kappa shape index (κ1) is 29.4. The van der Waals surface area contributed by atoms with E-state index in [0.717, 1.165) is 78.1 Å². The molecular weight excluding hydrogens is 548 g/mol. The summed E-state index contributed by atoms with van der Waals surface area (Å²) in [6, 6.07) is 9.68. The Bertz CT molecular complexity index is 1540. The molecule has 2 N–H and O–H groups in total. The van der Waals surface area contributed by atoms with Crippen molar-refractivity contribution in [3.8, 4) is 11.3 Å². The number of thioether (sulfide) groups is 1. The third-order valence-corrected chi connectivity index (χ3v) is 8.82. The molecule has 0 aliphatic carbocycles. The molecule has 11 heteroatoms. The van der Waals surface area contributed by atoms with Crippen LogP contribution in [0.3, 0.4) is 0 Å². The van der Waals surface area contributed by atoms with Crippen molar-refractivity contribution in [2.24, 2.45) is 5.92 Å². The fourth-order valence-corrected chi connectivity index (χ4v) is 5.95. The van der Waals surface area contributed by atoms with E-state index in [1.54, 1.807) is 44.3 Å². The lowest BCUT2D eigenvalue weighted by Crippen LogP contribution is -2.37. The Morgan fingerprint density at radius 1 is 1.07 bits per heavy atom. The van der Waals surface area contributed by atoms with E-state index in [-0.39, 0.29) is 17.1 Å². The molecule has 4 aromatic rings. The van der Waals surface area contributed by atoms with Crippen LogP contribution < -0.4 is 10.6 Å². The van der Waals surface area contributed by atoms with Crippen molar-refractivity contribution < 1.29 is 9.59 Å². The number of carbonyl (C=O) groups is 2. The standard InChI is InChI=1S/C31H36N8O2S/c1-20(40)39-11-8-21(9-12-39)13-28-34-16-23(17-35-28)27-15-29(38-19-37-27)36-18-24(42-3)14-22-5-4-6-25-26(31(41)32-2)7-10-33-30(22)25/h4-7,10,15-17,19,21,24H,8-9,11-14,18H2,1-3H3,(H,32,41)(H,36,37,38). The molecule has 1 atom stereocenters. The molecule has 5 rings (SSSR count). The van der Waals surface area contributed by atoms with Crippen molar-refractivity contribution in [3.63, 3.8) is 0 Å². The van der Waals surface area contributed by atoms with Gasteiger partial charge in [0, 0.05) is 80.9 Å². The number of hydrogen-bond donors (Lipinski definition) is 2. The van der Waals surface area contributed by atoms with E-state index in [4.69, 9.17) is 0 Å². The zero-order chi connectivity index (χ0) is 29.5. The van der Waals surface area contributed by atoms with Crippen molar-refractivity contribution >= 4 is 40.3 Å². The molecule has 0 bridgehead atoms. The van der Waals surface area contributed by atoms with Crippen LogP contribution in [0.2, 0.25) is 0 Å². The largest absolute Gasteiger partial charge is 0.369 e. The summed E-state index contributed by atoms with van der Waals surface area (Å²) in [6.07, 6.45) is 12.6. The molecule has 1 aliphatic heterocycles. The van der Waals surface area contributed by atoms with E-state index < -0.39 is 0 Å². The van der Waals surface area contributed by atoms with Gasteiger partial charge in [0.15, 0.2) is 0 Å². The number of nitrogens with one attached hydrogen (secondary N) is 2. The third kappa shape index (κ3) is 7.02. The first-order valence-electron chi connectivity index (χ1n) is 14.2. The second kappa shape index (κ2) is 13.7. The van der Waals surface area contributed by atoms with Crippen LogP contribution in [-0.4, -0.2) is 79.8 Å². The highest BCUT2D eigenvalue weighted by molar-refractivity contribution is 7.99. The lowest BCUT2D eigenvalue weighted by atomic mass is 9.93. The minimum atomic E-state index is -0.117. The smallest absolute Gasteiger partial charge is 0.251 e. The van der Waals surface area contributed by atoms with Gasteiger partial charge in [-0.1, -0.05) is 18.2 Å². The monoisotopic (exact) mass is 584 g/mol. The van der Waals surface area contributed by atoms with Gasteiger partial charge in [0.1, 0.15) is 18.0 Å². The molecule has 218 valence electrons. The number of likely N-dealkylation sites (tertiary alicyclic amines) is 1. The summed E-state index contributed by atoms with van der Waals surface area (Å²) < 4.78 is 0. The molecule has 0 saturated carbocycles. The predicted octanol–water partition coefficient (Wildman–Crippen LogP) is 4.03. The topological polar surface area (TPSA) is 126 Å². The normalized spacial score (nSPS) is 14.5. The SMILES string of the molecule is CNC(=O)c1ccnc2c(CC(CNc3cc(-c4cnc(CC5CCN(C(C)=O)CC5)nc4)ncn3)SC)cccc12. The van der Waals surface area contributed by atoms with Crippen LogP contribution in [0.1, 0.15) is 41.5 Å². The van der Waals surface area contributed by atoms with Gasteiger partial charge in [-0.15, -0.1) is 0 Å². The lowest BCUT2D eigenvalue weighted by Gasteiger charge is -2.30. The summed E-state index contributed by atoms with van der Waals surface area (Å²) in [4.78, 5) is 48.5. The van der Waals surface area contributed by atoms with Gasteiger partial charge in [0.05, 0.1) is 16.8 Å². The number of para-hydroxylation sites is 1. The number of rotatable bonds is 10. The minimum absolute atomic E-state index is 0.117. The number of anilines is 1. The number of piperidine rings is 1. The maximum atomic E-state index is 12.3. The molecule has 4 heterocycles. The van der Waals surface area contributed by atoms with Crippen LogP contribution in [-0.2, 0) is 17.6 Å². The van der Waals surface area contributed by atoms with Crippen molar-refractivity contribution in [1.29, 1.82) is 0 Å². The van der Waals surface area contributed by atoms with Gasteiger partial charge in [0.25, 0.3) is 5.91 Å². The molecule has 0 spiro atoms. The first-order valence-corrected chi connectivity index (χ1v) is 15.5. The van der Waals surface area contributed by atoms with Crippen LogP contribution >= 0.6 is 11.8 Å². The zero-order valence-corrected chi connectivity index (χ0v) is 25.0. The third-order valence-electron chi connectivity index (χ3n) is 7.82. The fourth-order valence-electron chi connectivity index (χ4n) is 5.35. The average molecular weight is 585 g/mol. The number of hydrogen-bond acceptors (Lipinski definition) is 9. The van der Waals surface area contributed by atoms with E-state index in [1.807, 2.05) is 35.5 Å². The van der Waals surface area contributed by atoms with Crippen molar-refractivity contribution in [3.05, 3.63) is 72.2 Å². The molecule has 0 radical (unpaired) electrons. The number of benzene rings is 1. The Morgan fingerprint density at radius 2 is 1.86 bits per heavy atom. The maximum Gasteiger partial charge on any atom is 0.251 e. The minimum Gasteiger partial charge on any atom is -0.369 e. The quantitative estimate of drug-likeness (QED) is 0.284. The summed E-state index contributed by atoms with van der Waals surface area (Å²) in [6.45, 7) is 3.95. The van der Waals surface area contributed by atoms with Crippen LogP contribution in [0.4, 0.5) is 5.82 Å². The van der Waals surface area contributed by atoms with Crippen LogP contribution in [0.25, 0.3) is 22.2 Å². The van der Waals surface area contributed by atoms with Gasteiger partial charge in [0.2, 0.25) is 5.91 Å². The fraction of sp³-hybridized carbons (Fsp3) is 0.387. The van der Waals surface area contributed by atoms with E-state index >= 15 is 0 Å². The van der Waals surface area contributed by atoms with Gasteiger partial charge in [-0.3, -0.25) is 14.6 Å². The maximum absolute atomic E-state index is 12.3. The molecule has 1 fully saturated rings. The molecule has 42 heavy (non-hydrogen) atoms. The van der Waals surface area contributed by atoms with Crippen LogP contribution in [0.15, 0.2) is 55.2 Å². The second-order valence-electron chi connectivity index (χ2n) is 10.5. The van der Waals surface area contributed by atoms with E-state index in [1.165, 1.54) is 0 Å². The summed E-state index contributed by atoms with van der Waals surface area (Å²) >= 11 is 1.77. The zero-order valence-electron chi connectivity index (χ0n) is 24.2. The summed E-state index contributed by atoms with van der Waals surface area (Å²) in [5, 5.41) is 7.29. The van der Waals surface area contributed by atoms with Crippen molar-refractivity contribution in [1.82, 2.24) is 35.1 Å². The highest BCUT2D eigenvalue weighted by Crippen LogP contribution is 2.25. The Labute approximate surface area is 250 Å². The van der Waals surface area contributed by atoms with Crippen LogP contribution in [0.5, 0.6) is 0 Å². The molecule has 1 aliphatic rings. The van der Waals surface area contributed by atoms with Gasteiger partial charge < -0.3 is 15.5 Å². The molecule has 1 aromatic carbocycles. The number of amides is 2. The van der Waals surface area contributed by atoms with E-state index in [2.05, 4.69) is 47.9 Å². The molecule has 1 saturated heterocycles. The number of fused-ring (bicyclic) bond motifs is 1. The van der Waals surface area contributed by atoms with Gasteiger partial charge in [-0.2, -0.15) is 11.8 Å². The predicted molar refractivity (Wildman–Crippen MR) is 166 cm³/mol. The van der Waals surface area contributed by atoms with Gasteiger partial charge in [-0.05, 0) is 43.1 Å². The molecule has 10 nitrogen and oxygen atoms in total. The van der Waals surface area contributed by atoms with Crippen LogP contribution in [0, 0.1) is 5.92 Å². The summed E-state index contributed by atoms with van der Waals surface area (Å²) in [5.41, 5.74) is 4.18. The Balaban J connectivity index is 1.20.